The van der Waals surface area contributed by atoms with Gasteiger partial charge in [0.25, 0.3) is 0 Å². The minimum absolute atomic E-state index is 0.0245. The maximum absolute atomic E-state index is 12.0. The number of carbonyl (C=O) groups excluding carboxylic acids is 1. The zero-order valence-corrected chi connectivity index (χ0v) is 18.8. The highest BCUT2D eigenvalue weighted by atomic mass is 16.5. The van der Waals surface area contributed by atoms with E-state index in [2.05, 4.69) is 32.2 Å². The van der Waals surface area contributed by atoms with Gasteiger partial charge >= 0.3 is 5.97 Å². The number of aromatic nitrogens is 1. The summed E-state index contributed by atoms with van der Waals surface area (Å²) in [5.41, 5.74) is 1.25. The van der Waals surface area contributed by atoms with E-state index in [4.69, 9.17) is 4.74 Å². The third kappa shape index (κ3) is 5.57. The van der Waals surface area contributed by atoms with Gasteiger partial charge in [0.15, 0.2) is 0 Å². The summed E-state index contributed by atoms with van der Waals surface area (Å²) < 4.78 is 5.20. The van der Waals surface area contributed by atoms with Gasteiger partial charge in [-0.05, 0) is 70.7 Å². The number of piperidine rings is 2. The fraction of sp³-hybridized carbons (Fsp3) is 0.750. The van der Waals surface area contributed by atoms with E-state index in [1.54, 1.807) is 0 Å². The molecule has 0 bridgehead atoms. The summed E-state index contributed by atoms with van der Waals surface area (Å²) in [6.45, 7) is 6.14. The van der Waals surface area contributed by atoms with Crippen LogP contribution in [0.4, 0.5) is 5.69 Å². The topological polar surface area (TPSA) is 77.9 Å². The van der Waals surface area contributed by atoms with E-state index in [1.807, 2.05) is 19.3 Å². The molecule has 1 aromatic rings. The van der Waals surface area contributed by atoms with Crippen molar-refractivity contribution in [3.8, 4) is 0 Å². The van der Waals surface area contributed by atoms with Crippen molar-refractivity contribution in [2.75, 3.05) is 37.7 Å². The van der Waals surface area contributed by atoms with E-state index in [0.717, 1.165) is 71.1 Å². The van der Waals surface area contributed by atoms with Gasteiger partial charge in [0.05, 0.1) is 18.6 Å². The molecular formula is C24H38N4O3. The molecule has 0 radical (unpaired) electrons. The van der Waals surface area contributed by atoms with Crippen molar-refractivity contribution in [1.29, 1.82) is 0 Å². The first-order chi connectivity index (χ1) is 15.2. The van der Waals surface area contributed by atoms with Gasteiger partial charge in [-0.2, -0.15) is 0 Å². The Hall–Kier alpha value is -1.70. The molecule has 3 fully saturated rings. The Kier molecular flexibility index (Phi) is 7.80. The fourth-order valence-corrected chi connectivity index (χ4v) is 5.63. The smallest absolute Gasteiger partial charge is 0.309 e. The van der Waals surface area contributed by atoms with Crippen LogP contribution in [0.3, 0.4) is 0 Å². The van der Waals surface area contributed by atoms with Crippen LogP contribution in [-0.4, -0.2) is 78.0 Å². The number of nitrogens with one attached hydrogen (secondary N) is 1. The molecule has 31 heavy (non-hydrogen) atoms. The van der Waals surface area contributed by atoms with Gasteiger partial charge in [0.1, 0.15) is 0 Å². The monoisotopic (exact) mass is 430 g/mol. The average Bonchev–Trinajstić information content (AvgIpc) is 2.82. The van der Waals surface area contributed by atoms with Crippen LogP contribution in [0.25, 0.3) is 0 Å². The van der Waals surface area contributed by atoms with Crippen molar-refractivity contribution in [3.05, 3.63) is 24.5 Å². The number of hydrogen-bond acceptors (Lipinski definition) is 7. The van der Waals surface area contributed by atoms with E-state index in [0.29, 0.717) is 12.6 Å². The number of rotatable bonds is 6. The molecule has 7 heteroatoms. The van der Waals surface area contributed by atoms with Crippen molar-refractivity contribution in [2.24, 2.45) is 5.92 Å². The lowest BCUT2D eigenvalue weighted by Crippen LogP contribution is -2.59. The summed E-state index contributed by atoms with van der Waals surface area (Å²) in [6, 6.07) is 4.99. The third-order valence-electron chi connectivity index (χ3n) is 7.41. The summed E-state index contributed by atoms with van der Waals surface area (Å²) in [5, 5.41) is 15.0. The molecule has 2 saturated heterocycles. The maximum atomic E-state index is 12.0. The number of pyridine rings is 1. The highest BCUT2D eigenvalue weighted by Crippen LogP contribution is 2.29. The number of nitrogens with zero attached hydrogens (tertiary/aromatic N) is 3. The SMILES string of the molecule is CCOC(=O)C1CCN(C2CCCC(NC3CCN(c4ccncc4)CC3)C2O)CC1. The number of aliphatic hydroxyl groups is 1. The van der Waals surface area contributed by atoms with Crippen LogP contribution in [0, 0.1) is 5.92 Å². The van der Waals surface area contributed by atoms with Crippen molar-refractivity contribution < 1.29 is 14.6 Å². The Morgan fingerprint density at radius 3 is 2.48 bits per heavy atom. The predicted molar refractivity (Wildman–Crippen MR) is 121 cm³/mol. The molecule has 0 aromatic carbocycles. The Morgan fingerprint density at radius 2 is 1.81 bits per heavy atom. The first-order valence-electron chi connectivity index (χ1n) is 12.2. The number of likely N-dealkylation sites (tertiary alicyclic amines) is 1. The largest absolute Gasteiger partial charge is 0.466 e. The molecule has 3 atom stereocenters. The van der Waals surface area contributed by atoms with Crippen LogP contribution in [-0.2, 0) is 9.53 Å². The summed E-state index contributed by atoms with van der Waals surface area (Å²) in [4.78, 5) is 21.0. The normalized spacial score (nSPS) is 29.1. The van der Waals surface area contributed by atoms with Gasteiger partial charge in [-0.1, -0.05) is 6.42 Å². The Balaban J connectivity index is 1.25. The minimum Gasteiger partial charge on any atom is -0.466 e. The molecule has 172 valence electrons. The number of ether oxygens (including phenoxy) is 1. The van der Waals surface area contributed by atoms with Gasteiger partial charge in [0, 0.05) is 49.3 Å². The Morgan fingerprint density at radius 1 is 1.10 bits per heavy atom. The standard InChI is InChI=1S/C24H38N4O3/c1-2-31-24(30)18-8-14-28(15-9-18)22-5-3-4-21(23(22)29)26-19-10-16-27(17-11-19)20-6-12-25-13-7-20/h6-7,12-13,18-19,21-23,26,29H,2-5,8-11,14-17H2,1H3. The summed E-state index contributed by atoms with van der Waals surface area (Å²) >= 11 is 0. The Labute approximate surface area is 186 Å². The molecule has 3 heterocycles. The van der Waals surface area contributed by atoms with E-state index in [9.17, 15) is 9.90 Å². The summed E-state index contributed by atoms with van der Waals surface area (Å²) in [5.74, 6) is -0.0274. The van der Waals surface area contributed by atoms with Gasteiger partial charge < -0.3 is 20.1 Å². The highest BCUT2D eigenvalue weighted by Gasteiger charge is 2.38. The highest BCUT2D eigenvalue weighted by molar-refractivity contribution is 5.72. The fourth-order valence-electron chi connectivity index (χ4n) is 5.63. The number of aliphatic hydroxyl groups excluding tert-OH is 1. The lowest BCUT2D eigenvalue weighted by atomic mass is 9.84. The van der Waals surface area contributed by atoms with Crippen molar-refractivity contribution in [3.63, 3.8) is 0 Å². The Bertz CT molecular complexity index is 687. The quantitative estimate of drug-likeness (QED) is 0.670. The second-order valence-corrected chi connectivity index (χ2v) is 9.29. The maximum Gasteiger partial charge on any atom is 0.309 e. The molecule has 1 aliphatic carbocycles. The van der Waals surface area contributed by atoms with Crippen LogP contribution in [0.2, 0.25) is 0 Å². The zero-order valence-electron chi connectivity index (χ0n) is 18.8. The number of esters is 1. The van der Waals surface area contributed by atoms with Gasteiger partial charge in [-0.25, -0.2) is 0 Å². The summed E-state index contributed by atoms with van der Waals surface area (Å²) in [6.07, 6.45) is 10.5. The summed E-state index contributed by atoms with van der Waals surface area (Å²) in [7, 11) is 0. The molecular weight excluding hydrogens is 392 g/mol. The molecule has 2 aliphatic heterocycles. The molecule has 2 N–H and O–H groups in total. The van der Waals surface area contributed by atoms with E-state index < -0.39 is 0 Å². The van der Waals surface area contributed by atoms with Crippen LogP contribution < -0.4 is 10.2 Å². The lowest BCUT2D eigenvalue weighted by molar-refractivity contribution is -0.150. The average molecular weight is 431 g/mol. The number of hydrogen-bond donors (Lipinski definition) is 2. The van der Waals surface area contributed by atoms with Crippen molar-refractivity contribution in [1.82, 2.24) is 15.2 Å². The van der Waals surface area contributed by atoms with E-state index in [-0.39, 0.29) is 30.1 Å². The molecule has 4 rings (SSSR count). The van der Waals surface area contributed by atoms with Crippen molar-refractivity contribution >= 4 is 11.7 Å². The van der Waals surface area contributed by atoms with Crippen molar-refractivity contribution in [2.45, 2.75) is 76.1 Å². The first-order valence-corrected chi connectivity index (χ1v) is 12.2. The molecule has 3 unspecified atom stereocenters. The zero-order chi connectivity index (χ0) is 21.6. The van der Waals surface area contributed by atoms with E-state index >= 15 is 0 Å². The van der Waals surface area contributed by atoms with Gasteiger partial charge in [-0.3, -0.25) is 14.7 Å². The molecule has 0 amide bonds. The second kappa shape index (κ2) is 10.7. The predicted octanol–water partition coefficient (Wildman–Crippen LogP) is 2.20. The molecule has 1 saturated carbocycles. The second-order valence-electron chi connectivity index (χ2n) is 9.29. The van der Waals surface area contributed by atoms with Crippen LogP contribution >= 0.6 is 0 Å². The van der Waals surface area contributed by atoms with Crippen LogP contribution in [0.15, 0.2) is 24.5 Å². The molecule has 0 spiro atoms. The number of anilines is 1. The molecule has 1 aromatic heterocycles. The van der Waals surface area contributed by atoms with Gasteiger partial charge in [-0.15, -0.1) is 0 Å². The first kappa shape index (κ1) is 22.5. The minimum atomic E-state index is -0.342. The lowest BCUT2D eigenvalue weighted by Gasteiger charge is -2.45. The van der Waals surface area contributed by atoms with Gasteiger partial charge in [0.2, 0.25) is 0 Å². The van der Waals surface area contributed by atoms with Crippen LogP contribution in [0.5, 0.6) is 0 Å². The number of carbonyl (C=O) groups is 1. The molecule has 3 aliphatic rings. The molecule has 7 nitrogen and oxygen atoms in total. The van der Waals surface area contributed by atoms with E-state index in [1.165, 1.54) is 5.69 Å². The van der Waals surface area contributed by atoms with Crippen LogP contribution in [0.1, 0.15) is 51.9 Å². The third-order valence-corrected chi connectivity index (χ3v) is 7.41.